The van der Waals surface area contributed by atoms with Gasteiger partial charge in [0, 0.05) is 29.2 Å². The third-order valence-corrected chi connectivity index (χ3v) is 4.52. The van der Waals surface area contributed by atoms with Crippen molar-refractivity contribution in [2.75, 3.05) is 33.5 Å². The van der Waals surface area contributed by atoms with Gasteiger partial charge in [-0.05, 0) is 26.6 Å². The van der Waals surface area contributed by atoms with Gasteiger partial charge in [0.1, 0.15) is 5.75 Å². The topological polar surface area (TPSA) is 38.5 Å². The number of benzene rings is 1. The lowest BCUT2D eigenvalue weighted by Gasteiger charge is -2.25. The van der Waals surface area contributed by atoms with E-state index in [9.17, 15) is 0 Å². The largest absolute Gasteiger partial charge is 0.496 e. The monoisotopic (exact) mass is 282 g/mol. The summed E-state index contributed by atoms with van der Waals surface area (Å²) in [4.78, 5) is 2.20. The molecule has 2 atom stereocenters. The number of nitrogens with two attached hydrogens (primary N) is 1. The maximum absolute atomic E-state index is 6.30. The van der Waals surface area contributed by atoms with Gasteiger partial charge < -0.3 is 15.4 Å². The van der Waals surface area contributed by atoms with Gasteiger partial charge in [0.15, 0.2) is 0 Å². The molecule has 0 heterocycles. The molecule has 1 rings (SSSR count). The van der Waals surface area contributed by atoms with E-state index in [1.54, 1.807) is 7.11 Å². The Balaban J connectivity index is 2.83. The van der Waals surface area contributed by atoms with Crippen LogP contribution in [-0.4, -0.2) is 44.4 Å². The average Bonchev–Trinajstić information content (AvgIpc) is 2.42. The van der Waals surface area contributed by atoms with E-state index in [2.05, 4.69) is 38.1 Å². The van der Waals surface area contributed by atoms with Crippen molar-refractivity contribution in [3.8, 4) is 5.75 Å². The molecule has 1 aromatic rings. The van der Waals surface area contributed by atoms with Crippen molar-refractivity contribution in [2.24, 2.45) is 5.73 Å². The number of thioether (sulfide) groups is 1. The van der Waals surface area contributed by atoms with E-state index in [0.717, 1.165) is 24.5 Å². The van der Waals surface area contributed by atoms with Crippen LogP contribution < -0.4 is 10.5 Å². The number of rotatable bonds is 8. The van der Waals surface area contributed by atoms with Crippen LogP contribution in [-0.2, 0) is 0 Å². The Morgan fingerprint density at radius 3 is 2.58 bits per heavy atom. The molecule has 0 aliphatic heterocycles. The lowest BCUT2D eigenvalue weighted by atomic mass is 10.0. The minimum atomic E-state index is 0.156. The predicted octanol–water partition coefficient (Wildman–Crippen LogP) is 2.77. The van der Waals surface area contributed by atoms with E-state index in [-0.39, 0.29) is 6.04 Å². The molecule has 0 saturated heterocycles. The molecular weight excluding hydrogens is 256 g/mol. The number of ether oxygens (including phenoxy) is 1. The molecule has 0 saturated carbocycles. The molecule has 3 nitrogen and oxygen atoms in total. The molecule has 0 amide bonds. The second-order valence-corrected chi connectivity index (χ2v) is 6.16. The molecule has 0 aliphatic carbocycles. The van der Waals surface area contributed by atoms with Crippen LogP contribution in [0, 0.1) is 0 Å². The van der Waals surface area contributed by atoms with E-state index in [1.807, 2.05) is 23.9 Å². The summed E-state index contributed by atoms with van der Waals surface area (Å²) in [6, 6.07) is 8.35. The zero-order chi connectivity index (χ0) is 14.3. The Kier molecular flexibility index (Phi) is 7.28. The molecule has 2 N–H and O–H groups in total. The molecule has 2 unspecified atom stereocenters. The molecule has 0 spiro atoms. The molecule has 4 heteroatoms. The van der Waals surface area contributed by atoms with Gasteiger partial charge in [0.05, 0.1) is 7.11 Å². The van der Waals surface area contributed by atoms with Crippen LogP contribution in [0.4, 0.5) is 0 Å². The van der Waals surface area contributed by atoms with Gasteiger partial charge in [-0.1, -0.05) is 25.1 Å². The summed E-state index contributed by atoms with van der Waals surface area (Å²) in [5.41, 5.74) is 7.51. The van der Waals surface area contributed by atoms with Gasteiger partial charge in [-0.25, -0.2) is 0 Å². The quantitative estimate of drug-likeness (QED) is 0.796. The molecular formula is C15H26N2OS. The highest BCUT2D eigenvalue weighted by atomic mass is 32.2. The lowest BCUT2D eigenvalue weighted by Crippen LogP contribution is -2.27. The number of para-hydroxylation sites is 1. The molecule has 0 radical (unpaired) electrons. The first-order valence-electron chi connectivity index (χ1n) is 6.75. The van der Waals surface area contributed by atoms with E-state index < -0.39 is 0 Å². The summed E-state index contributed by atoms with van der Waals surface area (Å²) >= 11 is 1.92. The third-order valence-electron chi connectivity index (χ3n) is 3.14. The van der Waals surface area contributed by atoms with Crippen LogP contribution in [0.1, 0.15) is 24.2 Å². The molecule has 0 bridgehead atoms. The molecule has 108 valence electrons. The van der Waals surface area contributed by atoms with Crippen molar-refractivity contribution in [1.82, 2.24) is 4.90 Å². The van der Waals surface area contributed by atoms with Gasteiger partial charge in [-0.3, -0.25) is 0 Å². The van der Waals surface area contributed by atoms with Crippen molar-refractivity contribution in [1.29, 1.82) is 0 Å². The van der Waals surface area contributed by atoms with Crippen LogP contribution in [0.3, 0.4) is 0 Å². The van der Waals surface area contributed by atoms with Gasteiger partial charge in [0.25, 0.3) is 0 Å². The first kappa shape index (κ1) is 16.3. The summed E-state index contributed by atoms with van der Waals surface area (Å²) in [6.45, 7) is 3.20. The Labute approximate surface area is 121 Å². The van der Waals surface area contributed by atoms with E-state index in [1.165, 1.54) is 5.56 Å². The molecule has 19 heavy (non-hydrogen) atoms. The van der Waals surface area contributed by atoms with Crippen LogP contribution in [0.2, 0.25) is 0 Å². The highest BCUT2D eigenvalue weighted by molar-refractivity contribution is 7.99. The van der Waals surface area contributed by atoms with Crippen molar-refractivity contribution in [3.63, 3.8) is 0 Å². The average molecular weight is 282 g/mol. The highest BCUT2D eigenvalue weighted by Gasteiger charge is 2.22. The molecule has 0 fully saturated rings. The fourth-order valence-electron chi connectivity index (χ4n) is 1.92. The van der Waals surface area contributed by atoms with Crippen LogP contribution in [0.5, 0.6) is 5.75 Å². The van der Waals surface area contributed by atoms with E-state index in [0.29, 0.717) is 5.25 Å². The third kappa shape index (κ3) is 5.05. The van der Waals surface area contributed by atoms with Crippen LogP contribution >= 0.6 is 11.8 Å². The Morgan fingerprint density at radius 1 is 1.32 bits per heavy atom. The van der Waals surface area contributed by atoms with Gasteiger partial charge in [-0.2, -0.15) is 11.8 Å². The number of methoxy groups -OCH3 is 1. The summed E-state index contributed by atoms with van der Waals surface area (Å²) in [5, 5.41) is 0.293. The summed E-state index contributed by atoms with van der Waals surface area (Å²) in [5.74, 6) is 2.01. The first-order valence-corrected chi connectivity index (χ1v) is 7.79. The lowest BCUT2D eigenvalue weighted by molar-refractivity contribution is 0.407. The van der Waals surface area contributed by atoms with E-state index in [4.69, 9.17) is 10.5 Å². The molecule has 0 aromatic heterocycles. The number of hydrogen-bond donors (Lipinski definition) is 1. The standard InChI is InChI=1S/C15H26N2OS/c1-5-13(16)15(19-11-10-17(2)3)12-8-6-7-9-14(12)18-4/h6-9,13,15H,5,10-11,16H2,1-4H3. The normalized spacial score (nSPS) is 14.4. The van der Waals surface area contributed by atoms with Gasteiger partial charge in [0.2, 0.25) is 0 Å². The zero-order valence-corrected chi connectivity index (χ0v) is 13.2. The van der Waals surface area contributed by atoms with Crippen molar-refractivity contribution >= 4 is 11.8 Å². The first-order chi connectivity index (χ1) is 9.10. The van der Waals surface area contributed by atoms with Crippen LogP contribution in [0.15, 0.2) is 24.3 Å². The number of hydrogen-bond acceptors (Lipinski definition) is 4. The SMILES string of the molecule is CCC(N)C(SCCN(C)C)c1ccccc1OC. The second-order valence-electron chi connectivity index (χ2n) is 4.91. The molecule has 0 aliphatic rings. The smallest absolute Gasteiger partial charge is 0.123 e. The van der Waals surface area contributed by atoms with Crippen LogP contribution in [0.25, 0.3) is 0 Å². The zero-order valence-electron chi connectivity index (χ0n) is 12.4. The van der Waals surface area contributed by atoms with Crippen molar-refractivity contribution in [3.05, 3.63) is 29.8 Å². The van der Waals surface area contributed by atoms with Crippen molar-refractivity contribution in [2.45, 2.75) is 24.6 Å². The van der Waals surface area contributed by atoms with E-state index >= 15 is 0 Å². The Hall–Kier alpha value is -0.710. The Morgan fingerprint density at radius 2 is 2.00 bits per heavy atom. The minimum Gasteiger partial charge on any atom is -0.496 e. The maximum atomic E-state index is 6.30. The minimum absolute atomic E-state index is 0.156. The van der Waals surface area contributed by atoms with Crippen molar-refractivity contribution < 1.29 is 4.74 Å². The predicted molar refractivity (Wildman–Crippen MR) is 85.0 cm³/mol. The van der Waals surface area contributed by atoms with Gasteiger partial charge >= 0.3 is 0 Å². The number of nitrogens with zero attached hydrogens (tertiary/aromatic N) is 1. The Bertz CT molecular complexity index is 371. The highest BCUT2D eigenvalue weighted by Crippen LogP contribution is 2.37. The second kappa shape index (κ2) is 8.46. The fourth-order valence-corrected chi connectivity index (χ4v) is 3.46. The summed E-state index contributed by atoms with van der Waals surface area (Å²) in [7, 11) is 5.91. The fraction of sp³-hybridized carbons (Fsp3) is 0.600. The maximum Gasteiger partial charge on any atom is 0.123 e. The summed E-state index contributed by atoms with van der Waals surface area (Å²) in [6.07, 6.45) is 0.970. The molecule has 1 aromatic carbocycles. The summed E-state index contributed by atoms with van der Waals surface area (Å²) < 4.78 is 5.47. The van der Waals surface area contributed by atoms with Gasteiger partial charge in [-0.15, -0.1) is 0 Å².